The van der Waals surface area contributed by atoms with Crippen molar-refractivity contribution in [3.8, 4) is 0 Å². The zero-order valence-corrected chi connectivity index (χ0v) is 25.6. The monoisotopic (exact) mass is 557 g/mol. The van der Waals surface area contributed by atoms with Gasteiger partial charge < -0.3 is 28.7 Å². The third-order valence-electron chi connectivity index (χ3n) is 7.49. The van der Waals surface area contributed by atoms with Crippen LogP contribution < -0.4 is 5.32 Å². The van der Waals surface area contributed by atoms with Crippen LogP contribution in [0.2, 0.25) is 18.1 Å². The van der Waals surface area contributed by atoms with Crippen LogP contribution in [0.4, 0.5) is 0 Å². The van der Waals surface area contributed by atoms with Crippen LogP contribution in [0.3, 0.4) is 0 Å². The van der Waals surface area contributed by atoms with Crippen LogP contribution in [0.25, 0.3) is 0 Å². The number of amides is 1. The fourth-order valence-electron chi connectivity index (χ4n) is 4.24. The van der Waals surface area contributed by atoms with Crippen LogP contribution in [-0.2, 0) is 41.4 Å². The molecule has 3 rings (SSSR count). The van der Waals surface area contributed by atoms with Crippen molar-refractivity contribution in [2.75, 3.05) is 13.2 Å². The summed E-state index contributed by atoms with van der Waals surface area (Å²) >= 11 is 0. The number of ether oxygens (including phenoxy) is 4. The van der Waals surface area contributed by atoms with Gasteiger partial charge in [-0.15, -0.1) is 0 Å². The molecule has 2 aromatic rings. The fraction of sp³-hybridized carbons (Fsp3) is 0.581. The van der Waals surface area contributed by atoms with E-state index in [0.717, 1.165) is 17.5 Å². The summed E-state index contributed by atoms with van der Waals surface area (Å²) < 4.78 is 32.5. The minimum absolute atomic E-state index is 0.0438. The first-order valence-corrected chi connectivity index (χ1v) is 16.9. The highest BCUT2D eigenvalue weighted by atomic mass is 28.4. The molecule has 2 unspecified atom stereocenters. The normalized spacial score (nSPS) is 23.9. The van der Waals surface area contributed by atoms with E-state index in [2.05, 4.69) is 39.2 Å². The lowest BCUT2D eigenvalue weighted by Gasteiger charge is -2.47. The van der Waals surface area contributed by atoms with Crippen LogP contribution in [-0.4, -0.2) is 58.1 Å². The van der Waals surface area contributed by atoms with Crippen molar-refractivity contribution < 1.29 is 28.2 Å². The van der Waals surface area contributed by atoms with E-state index in [9.17, 15) is 4.79 Å². The molecular weight excluding hydrogens is 510 g/mol. The second-order valence-electron chi connectivity index (χ2n) is 11.7. The first kappa shape index (κ1) is 31.5. The van der Waals surface area contributed by atoms with Crippen molar-refractivity contribution in [2.24, 2.45) is 0 Å². The fourth-order valence-corrected chi connectivity index (χ4v) is 5.26. The van der Waals surface area contributed by atoms with Crippen molar-refractivity contribution in [2.45, 2.75) is 103 Å². The summed E-state index contributed by atoms with van der Waals surface area (Å²) in [4.78, 5) is 12.3. The largest absolute Gasteiger partial charge is 0.414 e. The molecule has 1 aliphatic heterocycles. The predicted octanol–water partition coefficient (Wildman–Crippen LogP) is 5.84. The summed E-state index contributed by atoms with van der Waals surface area (Å²) in [6.45, 7) is 16.2. The molecule has 0 bridgehead atoms. The van der Waals surface area contributed by atoms with Crippen LogP contribution in [0.5, 0.6) is 0 Å². The molecule has 8 heteroatoms. The summed E-state index contributed by atoms with van der Waals surface area (Å²) in [6.07, 6.45) is -1.35. The molecule has 0 aliphatic carbocycles. The Hall–Kier alpha value is -2.07. The summed E-state index contributed by atoms with van der Waals surface area (Å²) in [5.74, 6) is -0.181. The van der Waals surface area contributed by atoms with Gasteiger partial charge in [0, 0.05) is 13.5 Å². The van der Waals surface area contributed by atoms with Crippen molar-refractivity contribution in [3.05, 3.63) is 71.8 Å². The van der Waals surface area contributed by atoms with Gasteiger partial charge in [-0.25, -0.2) is 0 Å². The third kappa shape index (κ3) is 9.23. The highest BCUT2D eigenvalue weighted by Crippen LogP contribution is 2.37. The lowest BCUT2D eigenvalue weighted by atomic mass is 9.96. The molecule has 1 heterocycles. The van der Waals surface area contributed by atoms with Crippen molar-refractivity contribution in [1.82, 2.24) is 5.32 Å². The van der Waals surface area contributed by atoms with E-state index in [4.69, 9.17) is 23.4 Å². The van der Waals surface area contributed by atoms with Gasteiger partial charge in [-0.3, -0.25) is 4.79 Å². The van der Waals surface area contributed by atoms with Crippen LogP contribution in [0, 0.1) is 0 Å². The highest BCUT2D eigenvalue weighted by Gasteiger charge is 2.49. The lowest BCUT2D eigenvalue weighted by molar-refractivity contribution is -0.287. The molecule has 1 N–H and O–H groups in total. The Morgan fingerprint density at radius 1 is 0.897 bits per heavy atom. The first-order valence-electron chi connectivity index (χ1n) is 14.0. The maximum Gasteiger partial charge on any atom is 0.217 e. The van der Waals surface area contributed by atoms with Crippen LogP contribution >= 0.6 is 0 Å². The number of nitrogens with one attached hydrogen (secondary N) is 1. The van der Waals surface area contributed by atoms with Gasteiger partial charge in [0.1, 0.15) is 24.4 Å². The quantitative estimate of drug-likeness (QED) is 0.312. The van der Waals surface area contributed by atoms with Gasteiger partial charge in [-0.05, 0) is 35.7 Å². The number of rotatable bonds is 13. The summed E-state index contributed by atoms with van der Waals surface area (Å²) in [7, 11) is -2.08. The SMILES string of the molecule is CCCO[C@H]1OC(CO[Si](C)(C)C(C)(C)C)[C@H](OCc2ccccc2)[C@@H](OCc2ccccc2)C1NC(C)=O. The number of carbonyl (C=O) groups excluding carboxylic acids is 1. The molecule has 5 atom stereocenters. The standard InChI is InChI=1S/C31H47NO6Si/c1-8-19-34-30-27(32-23(2)33)29(36-21-25-17-13-10-14-18-25)28(35-20-24-15-11-9-12-16-24)26(38-30)22-37-39(6,7)31(3,4)5/h9-18,26-30H,8,19-22H2,1-7H3,(H,32,33)/t26?,27?,28-,29-,30-/m0/s1. The topological polar surface area (TPSA) is 75.2 Å². The van der Waals surface area contributed by atoms with Gasteiger partial charge in [-0.1, -0.05) is 88.4 Å². The van der Waals surface area contributed by atoms with Crippen LogP contribution in [0.1, 0.15) is 52.2 Å². The number of hydrogen-bond donors (Lipinski definition) is 1. The molecule has 216 valence electrons. The number of benzene rings is 2. The van der Waals surface area contributed by atoms with Gasteiger partial charge >= 0.3 is 0 Å². The molecule has 1 aliphatic rings. The molecule has 0 aromatic heterocycles. The molecule has 7 nitrogen and oxygen atoms in total. The van der Waals surface area contributed by atoms with Crippen molar-refractivity contribution >= 4 is 14.2 Å². The van der Waals surface area contributed by atoms with Crippen molar-refractivity contribution in [3.63, 3.8) is 0 Å². The average molecular weight is 558 g/mol. The molecule has 1 saturated heterocycles. The van der Waals surface area contributed by atoms with Gasteiger partial charge in [0.25, 0.3) is 0 Å². The lowest BCUT2D eigenvalue weighted by Crippen LogP contribution is -2.66. The molecular formula is C31H47NO6Si. The van der Waals surface area contributed by atoms with E-state index in [-0.39, 0.29) is 10.9 Å². The Morgan fingerprint density at radius 3 is 1.92 bits per heavy atom. The number of carbonyl (C=O) groups is 1. The molecule has 1 fully saturated rings. The Kier molecular flexibility index (Phi) is 11.7. The molecule has 39 heavy (non-hydrogen) atoms. The van der Waals surface area contributed by atoms with Crippen LogP contribution in [0.15, 0.2) is 60.7 Å². The predicted molar refractivity (Wildman–Crippen MR) is 156 cm³/mol. The minimum Gasteiger partial charge on any atom is -0.414 e. The van der Waals surface area contributed by atoms with Gasteiger partial charge in [0.2, 0.25) is 5.91 Å². The maximum absolute atomic E-state index is 12.3. The molecule has 1 amide bonds. The molecule has 0 spiro atoms. The summed E-state index contributed by atoms with van der Waals surface area (Å²) in [5.41, 5.74) is 2.08. The molecule has 0 radical (unpaired) electrons. The third-order valence-corrected chi connectivity index (χ3v) is 12.0. The Labute approximate surface area is 235 Å². The summed E-state index contributed by atoms with van der Waals surface area (Å²) in [6, 6.07) is 19.5. The molecule has 2 aromatic carbocycles. The minimum atomic E-state index is -2.08. The van der Waals surface area contributed by atoms with Gasteiger partial charge in [0.05, 0.1) is 19.8 Å². The first-order chi connectivity index (χ1) is 18.5. The highest BCUT2D eigenvalue weighted by molar-refractivity contribution is 6.74. The second kappa shape index (κ2) is 14.5. The van der Waals surface area contributed by atoms with Gasteiger partial charge in [0.15, 0.2) is 14.6 Å². The van der Waals surface area contributed by atoms with E-state index in [0.29, 0.717) is 26.4 Å². The number of hydrogen-bond acceptors (Lipinski definition) is 6. The Bertz CT molecular complexity index is 997. The smallest absolute Gasteiger partial charge is 0.217 e. The zero-order valence-electron chi connectivity index (χ0n) is 24.6. The van der Waals surface area contributed by atoms with E-state index >= 15 is 0 Å². The zero-order chi connectivity index (χ0) is 28.5. The van der Waals surface area contributed by atoms with Crippen molar-refractivity contribution in [1.29, 1.82) is 0 Å². The maximum atomic E-state index is 12.3. The van der Waals surface area contributed by atoms with E-state index in [1.54, 1.807) is 0 Å². The summed E-state index contributed by atoms with van der Waals surface area (Å²) in [5, 5.41) is 3.09. The van der Waals surface area contributed by atoms with Gasteiger partial charge in [-0.2, -0.15) is 0 Å². The Balaban J connectivity index is 1.94. The average Bonchev–Trinajstić information content (AvgIpc) is 2.90. The van der Waals surface area contributed by atoms with E-state index in [1.807, 2.05) is 67.6 Å². The van der Waals surface area contributed by atoms with E-state index < -0.39 is 39.0 Å². The molecule has 0 saturated carbocycles. The van der Waals surface area contributed by atoms with E-state index in [1.165, 1.54) is 6.92 Å². The second-order valence-corrected chi connectivity index (χ2v) is 16.5. The Morgan fingerprint density at radius 2 is 1.44 bits per heavy atom.